The van der Waals surface area contributed by atoms with E-state index in [4.69, 9.17) is 4.98 Å². The van der Waals surface area contributed by atoms with Crippen molar-refractivity contribution in [2.24, 2.45) is 0 Å². The number of aryl methyl sites for hydroxylation is 2. The maximum atomic E-state index is 4.74. The second-order valence-corrected chi connectivity index (χ2v) is 6.74. The second-order valence-electron chi connectivity index (χ2n) is 6.74. The fourth-order valence-electron chi connectivity index (χ4n) is 3.44. The molecule has 0 atom stereocenters. The predicted octanol–water partition coefficient (Wildman–Crippen LogP) is 5.39. The molecule has 0 amide bonds. The Labute approximate surface area is 150 Å². The highest BCUT2D eigenvalue weighted by Crippen LogP contribution is 2.28. The van der Waals surface area contributed by atoms with Crippen LogP contribution in [0.4, 0.5) is 0 Å². The van der Waals surface area contributed by atoms with Gasteiger partial charge in [0, 0.05) is 5.56 Å². The zero-order valence-corrected chi connectivity index (χ0v) is 14.7. The summed E-state index contributed by atoms with van der Waals surface area (Å²) in [5.41, 5.74) is 8.73. The number of nitrogens with zero attached hydrogens (tertiary/aromatic N) is 2. The molecule has 0 aliphatic heterocycles. The van der Waals surface area contributed by atoms with Crippen LogP contribution in [-0.4, -0.2) is 19.9 Å². The lowest BCUT2D eigenvalue weighted by Crippen LogP contribution is -1.81. The summed E-state index contributed by atoms with van der Waals surface area (Å²) in [6.07, 6.45) is 0. The maximum Gasteiger partial charge on any atom is 0.138 e. The van der Waals surface area contributed by atoms with Crippen LogP contribution in [-0.2, 0) is 0 Å². The lowest BCUT2D eigenvalue weighted by molar-refractivity contribution is 1.17. The van der Waals surface area contributed by atoms with E-state index in [1.165, 1.54) is 5.56 Å². The first-order valence-corrected chi connectivity index (χ1v) is 8.69. The highest BCUT2D eigenvalue weighted by Gasteiger charge is 2.08. The minimum atomic E-state index is 0.903. The quantitative estimate of drug-likeness (QED) is 0.453. The number of hydrogen-bond donors (Lipinski definition) is 2. The monoisotopic (exact) mass is 338 g/mol. The second kappa shape index (κ2) is 5.56. The van der Waals surface area contributed by atoms with Crippen LogP contribution in [0, 0.1) is 13.8 Å². The minimum absolute atomic E-state index is 0.903. The summed E-state index contributed by atoms with van der Waals surface area (Å²) in [5.74, 6) is 1.84. The fourth-order valence-corrected chi connectivity index (χ4v) is 3.44. The average Bonchev–Trinajstić information content (AvgIpc) is 3.22. The van der Waals surface area contributed by atoms with E-state index in [0.717, 1.165) is 50.4 Å². The first kappa shape index (κ1) is 14.9. The molecule has 3 aromatic carbocycles. The zero-order valence-electron chi connectivity index (χ0n) is 14.7. The summed E-state index contributed by atoms with van der Waals surface area (Å²) >= 11 is 0. The molecule has 2 N–H and O–H groups in total. The maximum absolute atomic E-state index is 4.74. The molecule has 2 heterocycles. The van der Waals surface area contributed by atoms with Gasteiger partial charge in [-0.15, -0.1) is 0 Å². The van der Waals surface area contributed by atoms with E-state index < -0.39 is 0 Å². The van der Waals surface area contributed by atoms with Gasteiger partial charge >= 0.3 is 0 Å². The van der Waals surface area contributed by atoms with E-state index in [1.54, 1.807) is 0 Å². The summed E-state index contributed by atoms with van der Waals surface area (Å²) < 4.78 is 0. The van der Waals surface area contributed by atoms with Gasteiger partial charge in [0.05, 0.1) is 22.1 Å². The Kier molecular flexibility index (Phi) is 3.19. The van der Waals surface area contributed by atoms with E-state index in [0.29, 0.717) is 0 Å². The Morgan fingerprint density at radius 1 is 0.654 bits per heavy atom. The molecule has 0 saturated carbocycles. The fraction of sp³-hybridized carbons (Fsp3) is 0.0909. The van der Waals surface area contributed by atoms with Gasteiger partial charge in [0.25, 0.3) is 0 Å². The number of rotatable bonds is 2. The van der Waals surface area contributed by atoms with Crippen molar-refractivity contribution in [2.75, 3.05) is 0 Å². The Balaban J connectivity index is 1.60. The van der Waals surface area contributed by atoms with Gasteiger partial charge in [-0.3, -0.25) is 0 Å². The van der Waals surface area contributed by atoms with Crippen LogP contribution in [0.3, 0.4) is 0 Å². The first-order chi connectivity index (χ1) is 12.7. The van der Waals surface area contributed by atoms with Crippen LogP contribution in [0.15, 0.2) is 60.7 Å². The van der Waals surface area contributed by atoms with Gasteiger partial charge in [0.2, 0.25) is 0 Å². The van der Waals surface area contributed by atoms with Crippen molar-refractivity contribution in [2.45, 2.75) is 13.8 Å². The molecule has 4 heteroatoms. The topological polar surface area (TPSA) is 57.4 Å². The van der Waals surface area contributed by atoms with E-state index in [1.807, 2.05) is 6.92 Å². The average molecular weight is 338 g/mol. The molecule has 0 spiro atoms. The van der Waals surface area contributed by atoms with E-state index in [9.17, 15) is 0 Å². The summed E-state index contributed by atoms with van der Waals surface area (Å²) in [6.45, 7) is 4.07. The number of nitrogens with one attached hydrogen (secondary N) is 2. The van der Waals surface area contributed by atoms with E-state index >= 15 is 0 Å². The highest BCUT2D eigenvalue weighted by molar-refractivity contribution is 5.87. The normalized spacial score (nSPS) is 11.5. The minimum Gasteiger partial charge on any atom is -0.342 e. The van der Waals surface area contributed by atoms with Gasteiger partial charge in [-0.25, -0.2) is 9.97 Å². The van der Waals surface area contributed by atoms with Crippen LogP contribution in [0.1, 0.15) is 11.4 Å². The molecule has 0 unspecified atom stereocenters. The third-order valence-corrected chi connectivity index (χ3v) is 4.71. The molecule has 2 aromatic heterocycles. The van der Waals surface area contributed by atoms with Crippen molar-refractivity contribution >= 4 is 22.1 Å². The molecule has 0 fully saturated rings. The van der Waals surface area contributed by atoms with Crippen molar-refractivity contribution in [1.29, 1.82) is 0 Å². The van der Waals surface area contributed by atoms with Crippen molar-refractivity contribution in [1.82, 2.24) is 19.9 Å². The third-order valence-electron chi connectivity index (χ3n) is 4.71. The lowest BCUT2D eigenvalue weighted by Gasteiger charge is -2.01. The molecular formula is C22H18N4. The molecule has 0 aliphatic carbocycles. The summed E-state index contributed by atoms with van der Waals surface area (Å²) in [7, 11) is 0. The molecule has 26 heavy (non-hydrogen) atoms. The Morgan fingerprint density at radius 2 is 1.35 bits per heavy atom. The smallest absolute Gasteiger partial charge is 0.138 e. The standard InChI is InChI=1S/C22H18N4/c1-13-4-3-5-17(10-13)22-25-19-9-7-16(12-21(19)26-22)15-6-8-18-20(11-15)24-14(2)23-18/h3-12H,1-2H3,(H,23,24)(H,25,26). The van der Waals surface area contributed by atoms with Gasteiger partial charge < -0.3 is 9.97 Å². The number of imidazole rings is 2. The van der Waals surface area contributed by atoms with Gasteiger partial charge in [-0.1, -0.05) is 35.9 Å². The molecule has 0 saturated heterocycles. The summed E-state index contributed by atoms with van der Waals surface area (Å²) in [5, 5.41) is 0. The molecule has 126 valence electrons. The number of hydrogen-bond acceptors (Lipinski definition) is 2. The molecule has 5 aromatic rings. The van der Waals surface area contributed by atoms with E-state index in [2.05, 4.69) is 82.5 Å². The number of fused-ring (bicyclic) bond motifs is 2. The molecule has 5 rings (SSSR count). The van der Waals surface area contributed by atoms with Gasteiger partial charge in [0.1, 0.15) is 11.6 Å². The van der Waals surface area contributed by atoms with Crippen LogP contribution in [0.2, 0.25) is 0 Å². The molecule has 4 nitrogen and oxygen atoms in total. The van der Waals surface area contributed by atoms with Gasteiger partial charge in [-0.05, 0) is 55.3 Å². The number of H-pyrrole nitrogens is 2. The number of aromatic nitrogens is 4. The summed E-state index contributed by atoms with van der Waals surface area (Å²) in [4.78, 5) is 16.0. The number of aromatic amines is 2. The zero-order chi connectivity index (χ0) is 17.7. The molecule has 0 bridgehead atoms. The lowest BCUT2D eigenvalue weighted by atomic mass is 10.0. The van der Waals surface area contributed by atoms with Crippen molar-refractivity contribution in [3.05, 3.63) is 72.1 Å². The third kappa shape index (κ3) is 2.47. The Morgan fingerprint density at radius 3 is 2.08 bits per heavy atom. The van der Waals surface area contributed by atoms with Crippen LogP contribution >= 0.6 is 0 Å². The highest BCUT2D eigenvalue weighted by atomic mass is 14.9. The van der Waals surface area contributed by atoms with Crippen molar-refractivity contribution in [3.8, 4) is 22.5 Å². The Hall–Kier alpha value is -3.40. The van der Waals surface area contributed by atoms with E-state index in [-0.39, 0.29) is 0 Å². The van der Waals surface area contributed by atoms with Crippen molar-refractivity contribution < 1.29 is 0 Å². The molecule has 0 aliphatic rings. The number of benzene rings is 3. The van der Waals surface area contributed by atoms with Gasteiger partial charge in [0.15, 0.2) is 0 Å². The van der Waals surface area contributed by atoms with Crippen LogP contribution < -0.4 is 0 Å². The first-order valence-electron chi connectivity index (χ1n) is 8.69. The van der Waals surface area contributed by atoms with Gasteiger partial charge in [-0.2, -0.15) is 0 Å². The molecular weight excluding hydrogens is 320 g/mol. The van der Waals surface area contributed by atoms with Crippen LogP contribution in [0.5, 0.6) is 0 Å². The SMILES string of the molecule is Cc1cccc(-c2nc3ccc(-c4ccc5nc(C)[nH]c5c4)cc3[nH]2)c1. The van der Waals surface area contributed by atoms with Crippen molar-refractivity contribution in [3.63, 3.8) is 0 Å². The summed E-state index contributed by atoms with van der Waals surface area (Å²) in [6, 6.07) is 21.1. The predicted molar refractivity (Wildman–Crippen MR) is 106 cm³/mol. The Bertz CT molecular complexity index is 1260. The largest absolute Gasteiger partial charge is 0.342 e. The molecule has 0 radical (unpaired) electrons. The van der Waals surface area contributed by atoms with Crippen LogP contribution in [0.25, 0.3) is 44.6 Å².